The third-order valence-corrected chi connectivity index (χ3v) is 2.36. The van der Waals surface area contributed by atoms with E-state index < -0.39 is 6.10 Å². The van der Waals surface area contributed by atoms with Gasteiger partial charge < -0.3 is 20.3 Å². The molecule has 1 heterocycles. The molecule has 0 radical (unpaired) electrons. The number of amides is 1. The standard InChI is InChI=1S/C11H19N3O2/c1-4-14-7-9(12)5-10(14)11(16)13(3)6-8(2)15/h5,7-8,15H,4,6,12H2,1-3H3. The van der Waals surface area contributed by atoms with E-state index in [0.29, 0.717) is 24.5 Å². The predicted octanol–water partition coefficient (Wildman–Crippen LogP) is 0.543. The van der Waals surface area contributed by atoms with E-state index >= 15 is 0 Å². The maximum absolute atomic E-state index is 12.0. The van der Waals surface area contributed by atoms with Crippen molar-refractivity contribution in [2.45, 2.75) is 26.5 Å². The van der Waals surface area contributed by atoms with Crippen LogP contribution < -0.4 is 5.73 Å². The van der Waals surface area contributed by atoms with Crippen LogP contribution in [0.5, 0.6) is 0 Å². The molecule has 3 N–H and O–H groups in total. The summed E-state index contributed by atoms with van der Waals surface area (Å²) in [6.07, 6.45) is 1.21. The van der Waals surface area contributed by atoms with Crippen LogP contribution in [0.15, 0.2) is 12.3 Å². The molecule has 90 valence electrons. The van der Waals surface area contributed by atoms with Crippen molar-refractivity contribution in [1.82, 2.24) is 9.47 Å². The number of likely N-dealkylation sites (N-methyl/N-ethyl adjacent to an activating group) is 1. The summed E-state index contributed by atoms with van der Waals surface area (Å²) >= 11 is 0. The molecule has 16 heavy (non-hydrogen) atoms. The number of carbonyl (C=O) groups is 1. The fourth-order valence-corrected chi connectivity index (χ4v) is 1.65. The van der Waals surface area contributed by atoms with E-state index in [0.717, 1.165) is 0 Å². The molecule has 1 aromatic rings. The molecule has 0 fully saturated rings. The lowest BCUT2D eigenvalue weighted by molar-refractivity contribution is 0.0693. The van der Waals surface area contributed by atoms with Crippen molar-refractivity contribution in [3.8, 4) is 0 Å². The van der Waals surface area contributed by atoms with Gasteiger partial charge in [0.25, 0.3) is 5.91 Å². The van der Waals surface area contributed by atoms with Gasteiger partial charge in [-0.05, 0) is 19.9 Å². The summed E-state index contributed by atoms with van der Waals surface area (Å²) < 4.78 is 1.80. The molecule has 1 aromatic heterocycles. The second-order valence-corrected chi connectivity index (χ2v) is 3.98. The Bertz CT molecular complexity index is 371. The first-order chi connectivity index (χ1) is 7.45. The average Bonchev–Trinajstić information content (AvgIpc) is 2.57. The van der Waals surface area contributed by atoms with Crippen molar-refractivity contribution in [3.63, 3.8) is 0 Å². The number of hydrogen-bond donors (Lipinski definition) is 2. The highest BCUT2D eigenvalue weighted by Crippen LogP contribution is 2.12. The molecule has 1 atom stereocenters. The molecule has 0 aliphatic heterocycles. The average molecular weight is 225 g/mol. The van der Waals surface area contributed by atoms with Gasteiger partial charge in [0.15, 0.2) is 0 Å². The molecule has 0 spiro atoms. The SMILES string of the molecule is CCn1cc(N)cc1C(=O)N(C)CC(C)O. The number of nitrogens with two attached hydrogens (primary N) is 1. The number of aromatic nitrogens is 1. The van der Waals surface area contributed by atoms with Gasteiger partial charge in [0.2, 0.25) is 0 Å². The molecule has 5 heteroatoms. The van der Waals surface area contributed by atoms with Crippen LogP contribution >= 0.6 is 0 Å². The van der Waals surface area contributed by atoms with Crippen molar-refractivity contribution < 1.29 is 9.90 Å². The molecule has 1 amide bonds. The van der Waals surface area contributed by atoms with Gasteiger partial charge in [0.1, 0.15) is 5.69 Å². The van der Waals surface area contributed by atoms with Crippen LogP contribution in [-0.2, 0) is 6.54 Å². The van der Waals surface area contributed by atoms with Crippen molar-refractivity contribution >= 4 is 11.6 Å². The van der Waals surface area contributed by atoms with Crippen LogP contribution in [0.2, 0.25) is 0 Å². The van der Waals surface area contributed by atoms with E-state index in [-0.39, 0.29) is 5.91 Å². The van der Waals surface area contributed by atoms with Gasteiger partial charge in [-0.1, -0.05) is 0 Å². The van der Waals surface area contributed by atoms with Crippen molar-refractivity contribution in [3.05, 3.63) is 18.0 Å². The van der Waals surface area contributed by atoms with Crippen molar-refractivity contribution in [2.75, 3.05) is 19.3 Å². The topological polar surface area (TPSA) is 71.5 Å². The Labute approximate surface area is 95.5 Å². The number of anilines is 1. The number of carbonyl (C=O) groups excluding carboxylic acids is 1. The maximum atomic E-state index is 12.0. The molecular weight excluding hydrogens is 206 g/mol. The first-order valence-corrected chi connectivity index (χ1v) is 5.34. The van der Waals surface area contributed by atoms with E-state index in [1.165, 1.54) is 4.90 Å². The third-order valence-electron chi connectivity index (χ3n) is 2.36. The highest BCUT2D eigenvalue weighted by atomic mass is 16.3. The second-order valence-electron chi connectivity index (χ2n) is 3.98. The molecule has 1 rings (SSSR count). The Morgan fingerprint density at radius 3 is 2.81 bits per heavy atom. The minimum absolute atomic E-state index is 0.126. The maximum Gasteiger partial charge on any atom is 0.270 e. The Kier molecular flexibility index (Phi) is 3.95. The number of nitrogens with zero attached hydrogens (tertiary/aromatic N) is 2. The Morgan fingerprint density at radius 1 is 1.69 bits per heavy atom. The molecule has 1 unspecified atom stereocenters. The minimum Gasteiger partial charge on any atom is -0.397 e. The molecule has 0 aromatic carbocycles. The molecule has 0 saturated heterocycles. The lowest BCUT2D eigenvalue weighted by atomic mass is 10.3. The smallest absolute Gasteiger partial charge is 0.270 e. The van der Waals surface area contributed by atoms with Gasteiger partial charge >= 0.3 is 0 Å². The van der Waals surface area contributed by atoms with Crippen molar-refractivity contribution in [1.29, 1.82) is 0 Å². The first kappa shape index (κ1) is 12.6. The number of hydrogen-bond acceptors (Lipinski definition) is 3. The van der Waals surface area contributed by atoms with Gasteiger partial charge in [-0.25, -0.2) is 0 Å². The fraction of sp³-hybridized carbons (Fsp3) is 0.545. The van der Waals surface area contributed by atoms with E-state index in [1.807, 2.05) is 6.92 Å². The lowest BCUT2D eigenvalue weighted by Gasteiger charge is -2.19. The molecule has 0 saturated carbocycles. The summed E-state index contributed by atoms with van der Waals surface area (Å²) in [5, 5.41) is 9.22. The first-order valence-electron chi connectivity index (χ1n) is 5.34. The zero-order valence-corrected chi connectivity index (χ0v) is 9.97. The third kappa shape index (κ3) is 2.76. The van der Waals surface area contributed by atoms with Gasteiger partial charge in [-0.15, -0.1) is 0 Å². The summed E-state index contributed by atoms with van der Waals surface area (Å²) in [5.74, 6) is -0.126. The van der Waals surface area contributed by atoms with Crippen LogP contribution in [0.3, 0.4) is 0 Å². The largest absolute Gasteiger partial charge is 0.397 e. The van der Waals surface area contributed by atoms with Crippen LogP contribution in [0.1, 0.15) is 24.3 Å². The van der Waals surface area contributed by atoms with E-state index in [4.69, 9.17) is 5.73 Å². The van der Waals surface area contributed by atoms with E-state index in [2.05, 4.69) is 0 Å². The zero-order chi connectivity index (χ0) is 12.3. The number of aliphatic hydroxyl groups excluding tert-OH is 1. The van der Waals surface area contributed by atoms with Crippen molar-refractivity contribution in [2.24, 2.45) is 0 Å². The molecule has 0 aliphatic carbocycles. The van der Waals surface area contributed by atoms with E-state index in [9.17, 15) is 9.90 Å². The van der Waals surface area contributed by atoms with Crippen LogP contribution in [0, 0.1) is 0 Å². The normalized spacial score (nSPS) is 12.5. The number of nitrogen functional groups attached to an aromatic ring is 1. The van der Waals surface area contributed by atoms with Gasteiger partial charge in [0, 0.05) is 26.3 Å². The highest BCUT2D eigenvalue weighted by molar-refractivity contribution is 5.93. The number of aryl methyl sites for hydroxylation is 1. The Morgan fingerprint density at radius 2 is 2.31 bits per heavy atom. The summed E-state index contributed by atoms with van der Waals surface area (Å²) in [7, 11) is 1.66. The summed E-state index contributed by atoms with van der Waals surface area (Å²) in [6.45, 7) is 4.61. The Balaban J connectivity index is 2.86. The van der Waals surface area contributed by atoms with Crippen LogP contribution in [0.4, 0.5) is 5.69 Å². The number of aliphatic hydroxyl groups is 1. The highest BCUT2D eigenvalue weighted by Gasteiger charge is 2.17. The molecular formula is C11H19N3O2. The minimum atomic E-state index is -0.531. The summed E-state index contributed by atoms with van der Waals surface area (Å²) in [4.78, 5) is 13.5. The fourth-order valence-electron chi connectivity index (χ4n) is 1.65. The monoisotopic (exact) mass is 225 g/mol. The molecule has 5 nitrogen and oxygen atoms in total. The lowest BCUT2D eigenvalue weighted by Crippen LogP contribution is -2.34. The zero-order valence-electron chi connectivity index (χ0n) is 9.97. The predicted molar refractivity (Wildman–Crippen MR) is 63.2 cm³/mol. The number of rotatable bonds is 4. The van der Waals surface area contributed by atoms with Gasteiger partial charge in [-0.2, -0.15) is 0 Å². The Hall–Kier alpha value is -1.49. The van der Waals surface area contributed by atoms with Crippen LogP contribution in [-0.4, -0.2) is 40.2 Å². The second kappa shape index (κ2) is 5.03. The quantitative estimate of drug-likeness (QED) is 0.785. The van der Waals surface area contributed by atoms with Crippen LogP contribution in [0.25, 0.3) is 0 Å². The molecule has 0 bridgehead atoms. The van der Waals surface area contributed by atoms with Gasteiger partial charge in [-0.3, -0.25) is 4.79 Å². The summed E-state index contributed by atoms with van der Waals surface area (Å²) in [5.41, 5.74) is 6.79. The molecule has 0 aliphatic rings. The van der Waals surface area contributed by atoms with Gasteiger partial charge in [0.05, 0.1) is 11.8 Å². The van der Waals surface area contributed by atoms with E-state index in [1.54, 1.807) is 30.8 Å². The summed E-state index contributed by atoms with van der Waals surface area (Å²) in [6, 6.07) is 1.66.